The number of aliphatic carboxylic acids is 1. The maximum atomic E-state index is 12.2. The molecule has 1 atom stereocenters. The lowest BCUT2D eigenvalue weighted by molar-refractivity contribution is -0.153. The largest absolute Gasteiger partial charge is 0.481 e. The van der Waals surface area contributed by atoms with Crippen LogP contribution in [0.15, 0.2) is 18.2 Å². The zero-order chi connectivity index (χ0) is 17.9. The number of halogens is 2. The molecule has 0 aromatic heterocycles. The lowest BCUT2D eigenvalue weighted by Crippen LogP contribution is -2.50. The number of hydrogen-bond donors (Lipinski definition) is 2. The van der Waals surface area contributed by atoms with E-state index in [9.17, 15) is 19.5 Å². The molecule has 0 spiro atoms. The smallest absolute Gasteiger partial charge is 0.311 e. The number of benzene rings is 1. The van der Waals surface area contributed by atoms with Crippen molar-refractivity contribution >= 4 is 41.0 Å². The summed E-state index contributed by atoms with van der Waals surface area (Å²) in [6.07, 6.45) is 1.15. The molecule has 2 N–H and O–H groups in total. The maximum absolute atomic E-state index is 12.2. The Kier molecular flexibility index (Phi) is 5.72. The Morgan fingerprint density at radius 1 is 1.29 bits per heavy atom. The van der Waals surface area contributed by atoms with Crippen LogP contribution < -0.4 is 5.32 Å². The molecule has 1 fully saturated rings. The van der Waals surface area contributed by atoms with Gasteiger partial charge in [-0.05, 0) is 38.0 Å². The van der Waals surface area contributed by atoms with Crippen LogP contribution >= 0.6 is 23.2 Å². The van der Waals surface area contributed by atoms with Crippen LogP contribution in [0.5, 0.6) is 0 Å². The van der Waals surface area contributed by atoms with Crippen molar-refractivity contribution in [1.82, 2.24) is 10.2 Å². The highest BCUT2D eigenvalue weighted by Gasteiger charge is 2.39. The molecule has 1 unspecified atom stereocenters. The summed E-state index contributed by atoms with van der Waals surface area (Å²) in [6, 6.07) is 4.44. The highest BCUT2D eigenvalue weighted by molar-refractivity contribution is 6.42. The van der Waals surface area contributed by atoms with Gasteiger partial charge in [0.1, 0.15) is 0 Å². The zero-order valence-corrected chi connectivity index (χ0v) is 14.7. The Morgan fingerprint density at radius 2 is 2.00 bits per heavy atom. The van der Waals surface area contributed by atoms with Crippen LogP contribution in [-0.4, -0.2) is 47.4 Å². The van der Waals surface area contributed by atoms with E-state index in [4.69, 9.17) is 23.2 Å². The molecule has 1 aromatic rings. The first-order chi connectivity index (χ1) is 11.2. The van der Waals surface area contributed by atoms with E-state index in [0.717, 1.165) is 0 Å². The van der Waals surface area contributed by atoms with E-state index in [2.05, 4.69) is 5.32 Å². The van der Waals surface area contributed by atoms with Crippen molar-refractivity contribution in [3.8, 4) is 0 Å². The Hall–Kier alpha value is -1.79. The number of carbonyl (C=O) groups excluding carboxylic acids is 2. The van der Waals surface area contributed by atoms with Crippen molar-refractivity contribution in [3.05, 3.63) is 33.8 Å². The number of carboxylic acid groups (broad SMARTS) is 1. The van der Waals surface area contributed by atoms with E-state index >= 15 is 0 Å². The van der Waals surface area contributed by atoms with Crippen LogP contribution in [0.3, 0.4) is 0 Å². The van der Waals surface area contributed by atoms with Gasteiger partial charge in [0.05, 0.1) is 22.0 Å². The second-order valence-electron chi connectivity index (χ2n) is 6.10. The van der Waals surface area contributed by atoms with Gasteiger partial charge in [0, 0.05) is 18.7 Å². The second kappa shape index (κ2) is 7.40. The van der Waals surface area contributed by atoms with Gasteiger partial charge in [0.15, 0.2) is 0 Å². The molecule has 2 rings (SSSR count). The fourth-order valence-corrected chi connectivity index (χ4v) is 2.93. The van der Waals surface area contributed by atoms with E-state index in [1.807, 2.05) is 0 Å². The first-order valence-electron chi connectivity index (χ1n) is 7.47. The molecule has 6 nitrogen and oxygen atoms in total. The zero-order valence-electron chi connectivity index (χ0n) is 13.1. The third kappa shape index (κ3) is 4.19. The van der Waals surface area contributed by atoms with Crippen LogP contribution in [0.25, 0.3) is 0 Å². The first kappa shape index (κ1) is 18.5. The van der Waals surface area contributed by atoms with Gasteiger partial charge < -0.3 is 15.3 Å². The third-order valence-electron chi connectivity index (χ3n) is 4.15. The molecule has 1 aliphatic rings. The van der Waals surface area contributed by atoms with Gasteiger partial charge in [0.2, 0.25) is 5.91 Å². The average Bonchev–Trinajstić information content (AvgIpc) is 2.54. The molecule has 130 valence electrons. The standard InChI is InChI=1S/C16H18Cl2N2O4/c1-16(15(23)24)5-2-6-20(9-16)13(21)8-19-14(22)10-3-4-11(17)12(18)7-10/h3-4,7H,2,5-6,8-9H2,1H3,(H,19,22)(H,23,24). The van der Waals surface area contributed by atoms with Gasteiger partial charge in [-0.15, -0.1) is 0 Å². The second-order valence-corrected chi connectivity index (χ2v) is 6.91. The molecular formula is C16H18Cl2N2O4. The monoisotopic (exact) mass is 372 g/mol. The number of likely N-dealkylation sites (tertiary alicyclic amines) is 1. The highest BCUT2D eigenvalue weighted by Crippen LogP contribution is 2.29. The average molecular weight is 373 g/mol. The highest BCUT2D eigenvalue weighted by atomic mass is 35.5. The van der Waals surface area contributed by atoms with Crippen molar-refractivity contribution in [1.29, 1.82) is 0 Å². The molecular weight excluding hydrogens is 355 g/mol. The summed E-state index contributed by atoms with van der Waals surface area (Å²) < 4.78 is 0. The summed E-state index contributed by atoms with van der Waals surface area (Å²) in [5.74, 6) is -1.67. The number of amides is 2. The molecule has 0 saturated carbocycles. The number of carbonyl (C=O) groups is 3. The Labute approximate surface area is 149 Å². The fourth-order valence-electron chi connectivity index (χ4n) is 2.63. The number of hydrogen-bond acceptors (Lipinski definition) is 3. The Morgan fingerprint density at radius 3 is 2.62 bits per heavy atom. The van der Waals surface area contributed by atoms with Gasteiger partial charge in [-0.25, -0.2) is 0 Å². The van der Waals surface area contributed by atoms with Crippen molar-refractivity contribution in [2.24, 2.45) is 5.41 Å². The summed E-state index contributed by atoms with van der Waals surface area (Å²) in [7, 11) is 0. The van der Waals surface area contributed by atoms with Gasteiger partial charge in [-0.2, -0.15) is 0 Å². The van der Waals surface area contributed by atoms with Crippen molar-refractivity contribution < 1.29 is 19.5 Å². The molecule has 1 heterocycles. The van der Waals surface area contributed by atoms with E-state index in [0.29, 0.717) is 30.0 Å². The minimum absolute atomic E-state index is 0.143. The molecule has 0 bridgehead atoms. The van der Waals surface area contributed by atoms with E-state index in [1.165, 1.54) is 23.1 Å². The lowest BCUT2D eigenvalue weighted by Gasteiger charge is -2.37. The van der Waals surface area contributed by atoms with Crippen molar-refractivity contribution in [3.63, 3.8) is 0 Å². The Bertz CT molecular complexity index is 680. The van der Waals surface area contributed by atoms with Crippen molar-refractivity contribution in [2.45, 2.75) is 19.8 Å². The number of piperidine rings is 1. The predicted molar refractivity (Wildman–Crippen MR) is 90.4 cm³/mol. The molecule has 1 saturated heterocycles. The molecule has 1 aliphatic heterocycles. The SMILES string of the molecule is CC1(C(=O)O)CCCN(C(=O)CNC(=O)c2ccc(Cl)c(Cl)c2)C1. The lowest BCUT2D eigenvalue weighted by atomic mass is 9.82. The molecule has 1 aromatic carbocycles. The van der Waals surface area contributed by atoms with Gasteiger partial charge >= 0.3 is 5.97 Å². The van der Waals surface area contributed by atoms with Gasteiger partial charge in [0.25, 0.3) is 5.91 Å². The summed E-state index contributed by atoms with van der Waals surface area (Å²) in [5, 5.41) is 12.4. The summed E-state index contributed by atoms with van der Waals surface area (Å²) in [5.41, 5.74) is -0.645. The topological polar surface area (TPSA) is 86.7 Å². The summed E-state index contributed by atoms with van der Waals surface area (Å²) >= 11 is 11.7. The maximum Gasteiger partial charge on any atom is 0.311 e. The molecule has 8 heteroatoms. The van der Waals surface area contributed by atoms with Crippen LogP contribution in [0.4, 0.5) is 0 Å². The van der Waals surface area contributed by atoms with Crippen molar-refractivity contribution in [2.75, 3.05) is 19.6 Å². The van der Waals surface area contributed by atoms with E-state index in [1.54, 1.807) is 6.92 Å². The minimum atomic E-state index is -0.943. The molecule has 24 heavy (non-hydrogen) atoms. The Balaban J connectivity index is 1.94. The van der Waals surface area contributed by atoms with Gasteiger partial charge in [-0.1, -0.05) is 23.2 Å². The number of carboxylic acids is 1. The fraction of sp³-hybridized carbons (Fsp3) is 0.438. The number of nitrogens with one attached hydrogen (secondary N) is 1. The molecule has 0 aliphatic carbocycles. The molecule has 2 amide bonds. The number of rotatable bonds is 4. The van der Waals surface area contributed by atoms with Crippen LogP contribution in [0.2, 0.25) is 10.0 Å². The summed E-state index contributed by atoms with van der Waals surface area (Å²) in [4.78, 5) is 37.1. The first-order valence-corrected chi connectivity index (χ1v) is 8.23. The van der Waals surface area contributed by atoms with Gasteiger partial charge in [-0.3, -0.25) is 14.4 Å². The van der Waals surface area contributed by atoms with Crippen LogP contribution in [0, 0.1) is 5.41 Å². The van der Waals surface area contributed by atoms with E-state index in [-0.39, 0.29) is 24.0 Å². The summed E-state index contributed by atoms with van der Waals surface area (Å²) in [6.45, 7) is 2.06. The minimum Gasteiger partial charge on any atom is -0.481 e. The van der Waals surface area contributed by atoms with E-state index < -0.39 is 17.3 Å². The molecule has 0 radical (unpaired) electrons. The quantitative estimate of drug-likeness (QED) is 0.849. The van der Waals surface area contributed by atoms with Crippen LogP contribution in [-0.2, 0) is 9.59 Å². The van der Waals surface area contributed by atoms with Crippen LogP contribution in [0.1, 0.15) is 30.1 Å². The third-order valence-corrected chi connectivity index (χ3v) is 4.89. The predicted octanol–water partition coefficient (Wildman–Crippen LogP) is 2.44. The number of nitrogens with zero attached hydrogens (tertiary/aromatic N) is 1. The normalized spacial score (nSPS) is 20.5.